The minimum Gasteiger partial charge on any atom is -0.451 e. The Hall–Kier alpha value is -4.15. The summed E-state index contributed by atoms with van der Waals surface area (Å²) in [7, 11) is 1.17. The van der Waals surface area contributed by atoms with Gasteiger partial charge in [-0.2, -0.15) is 0 Å². The number of hydrogen-bond donors (Lipinski definition) is 1. The Morgan fingerprint density at radius 1 is 1.02 bits per heavy atom. The zero-order valence-corrected chi connectivity index (χ0v) is 24.8. The van der Waals surface area contributed by atoms with Crippen LogP contribution in [0.25, 0.3) is 5.57 Å². The number of esters is 1. The second-order valence-corrected chi connectivity index (χ2v) is 10.5. The second-order valence-electron chi connectivity index (χ2n) is 10.5. The first-order valence-corrected chi connectivity index (χ1v) is 14.4. The zero-order valence-electron chi connectivity index (χ0n) is 24.8. The van der Waals surface area contributed by atoms with E-state index in [0.717, 1.165) is 41.9 Å². The molecule has 1 saturated heterocycles. The van der Waals surface area contributed by atoms with Crippen LogP contribution in [0, 0.1) is 6.92 Å². The van der Waals surface area contributed by atoms with Gasteiger partial charge in [0, 0.05) is 32.6 Å². The molecule has 1 aliphatic rings. The van der Waals surface area contributed by atoms with Crippen molar-refractivity contribution in [2.24, 2.45) is 0 Å². The van der Waals surface area contributed by atoms with Gasteiger partial charge in [0.05, 0.1) is 6.04 Å². The number of aliphatic hydroxyl groups excluding tert-OH is 1. The first-order chi connectivity index (χ1) is 20.7. The van der Waals surface area contributed by atoms with Crippen LogP contribution in [0.3, 0.4) is 0 Å². The van der Waals surface area contributed by atoms with Crippen molar-refractivity contribution in [1.29, 1.82) is 0 Å². The number of aliphatic hydroxyl groups is 1. The first kappa shape index (κ1) is 33.4. The number of ether oxygens (including phenoxy) is 3. The number of cyclic esters (lactones) is 1. The third kappa shape index (κ3) is 9.42. The number of rotatable bonds is 16. The largest absolute Gasteiger partial charge is 0.451 e. The number of hydrogen-bond acceptors (Lipinski definition) is 9. The van der Waals surface area contributed by atoms with Gasteiger partial charge >= 0.3 is 12.1 Å². The minimum absolute atomic E-state index is 0.0493. The van der Waals surface area contributed by atoms with Gasteiger partial charge in [-0.3, -0.25) is 19.2 Å². The van der Waals surface area contributed by atoms with Crippen molar-refractivity contribution in [2.75, 3.05) is 20.3 Å². The molecule has 10 heteroatoms. The molecule has 2 aromatic carbocycles. The molecule has 0 aliphatic carbocycles. The average molecular weight is 594 g/mol. The summed E-state index contributed by atoms with van der Waals surface area (Å²) in [5.74, 6) is -2.88. The van der Waals surface area contributed by atoms with Crippen LogP contribution in [0.5, 0.6) is 0 Å². The highest BCUT2D eigenvalue weighted by molar-refractivity contribution is 6.25. The lowest BCUT2D eigenvalue weighted by Crippen LogP contribution is -2.53. The van der Waals surface area contributed by atoms with Gasteiger partial charge in [0.25, 0.3) is 5.91 Å². The van der Waals surface area contributed by atoms with Crippen LogP contribution in [-0.4, -0.2) is 78.1 Å². The van der Waals surface area contributed by atoms with Gasteiger partial charge in [0.1, 0.15) is 6.61 Å². The Morgan fingerprint density at radius 2 is 1.74 bits per heavy atom. The lowest BCUT2D eigenvalue weighted by atomic mass is 9.94. The summed E-state index contributed by atoms with van der Waals surface area (Å²) in [5.41, 5.74) is 2.34. The number of imide groups is 1. The highest BCUT2D eigenvalue weighted by Gasteiger charge is 2.46. The maximum atomic E-state index is 13.7. The number of unbranched alkanes of at least 4 members (excludes halogenated alkanes) is 3. The Morgan fingerprint density at radius 3 is 2.40 bits per heavy atom. The number of benzene rings is 2. The third-order valence-electron chi connectivity index (χ3n) is 7.09. The molecule has 2 amide bonds. The fourth-order valence-corrected chi connectivity index (χ4v) is 4.95. The smallest absolute Gasteiger partial charge is 0.417 e. The zero-order chi connectivity index (χ0) is 31.4. The number of methoxy groups -OCH3 is 1. The number of nitrogens with zero attached hydrogens (tertiary/aromatic N) is 1. The lowest BCUT2D eigenvalue weighted by Gasteiger charge is -2.28. The minimum atomic E-state index is -1.77. The van der Waals surface area contributed by atoms with E-state index in [2.05, 4.69) is 0 Å². The molecule has 2 aromatic rings. The quantitative estimate of drug-likeness (QED) is 0.174. The van der Waals surface area contributed by atoms with Crippen LogP contribution < -0.4 is 0 Å². The number of carbonyl (C=O) groups excluding carboxylic acids is 5. The number of ketones is 2. The second kappa shape index (κ2) is 16.5. The standard InChI is InChI=1S/C33H39NO9/c1-22-12-11-15-25(18-22)27(28(37)16-9-4-5-10-17-35)20-29(38)30(43-23(2)36)31(41-3)32(39)34-26(21-42-33(34)40)19-24-13-7-6-8-14-24/h6-8,11-15,18,20,26,30-31,35H,4-5,9-10,16-17,19,21H2,1-3H3/t26-,30+,31-/m1/s1. The van der Waals surface area contributed by atoms with Crippen LogP contribution in [0.4, 0.5) is 4.79 Å². The highest BCUT2D eigenvalue weighted by atomic mass is 16.6. The van der Waals surface area contributed by atoms with E-state index in [1.54, 1.807) is 18.2 Å². The van der Waals surface area contributed by atoms with E-state index in [1.807, 2.05) is 43.3 Å². The average Bonchev–Trinajstić information content (AvgIpc) is 3.34. The Labute approximate surface area is 251 Å². The molecular formula is C33H39NO9. The topological polar surface area (TPSA) is 137 Å². The first-order valence-electron chi connectivity index (χ1n) is 14.4. The molecule has 230 valence electrons. The Bertz CT molecular complexity index is 1320. The molecule has 1 heterocycles. The number of amides is 2. The van der Waals surface area contributed by atoms with E-state index in [9.17, 15) is 24.0 Å². The van der Waals surface area contributed by atoms with Crippen molar-refractivity contribution in [3.63, 3.8) is 0 Å². The fraction of sp³-hybridized carbons (Fsp3) is 0.424. The van der Waals surface area contributed by atoms with Crippen LogP contribution >= 0.6 is 0 Å². The van der Waals surface area contributed by atoms with E-state index in [-0.39, 0.29) is 31.0 Å². The van der Waals surface area contributed by atoms with Gasteiger partial charge in [0.15, 0.2) is 23.8 Å². The molecule has 0 spiro atoms. The number of aryl methyl sites for hydroxylation is 1. The van der Waals surface area contributed by atoms with Gasteiger partial charge in [0.2, 0.25) is 0 Å². The molecule has 0 bridgehead atoms. The summed E-state index contributed by atoms with van der Waals surface area (Å²) < 4.78 is 15.9. The SMILES string of the molecule is CO[C@@H](C(=O)N1C(=O)OC[C@H]1Cc1ccccc1)[C@@H](OC(C)=O)C(=O)C=C(C(=O)CCCCCCO)c1cccc(C)c1. The van der Waals surface area contributed by atoms with E-state index < -0.39 is 42.0 Å². The van der Waals surface area contributed by atoms with Crippen LogP contribution in [0.1, 0.15) is 55.7 Å². The Balaban J connectivity index is 1.92. The van der Waals surface area contributed by atoms with Gasteiger partial charge < -0.3 is 19.3 Å². The molecular weight excluding hydrogens is 554 g/mol. The van der Waals surface area contributed by atoms with Crippen molar-refractivity contribution < 1.29 is 43.3 Å². The molecule has 10 nitrogen and oxygen atoms in total. The predicted molar refractivity (Wildman–Crippen MR) is 158 cm³/mol. The van der Waals surface area contributed by atoms with Crippen LogP contribution in [0.15, 0.2) is 60.7 Å². The monoisotopic (exact) mass is 593 g/mol. The maximum Gasteiger partial charge on any atom is 0.417 e. The van der Waals surface area contributed by atoms with Crippen molar-refractivity contribution in [3.8, 4) is 0 Å². The molecule has 1 N–H and O–H groups in total. The molecule has 0 aromatic heterocycles. The highest BCUT2D eigenvalue weighted by Crippen LogP contribution is 2.24. The van der Waals surface area contributed by atoms with E-state index in [4.69, 9.17) is 19.3 Å². The van der Waals surface area contributed by atoms with Crippen molar-refractivity contribution >= 4 is 35.1 Å². The molecule has 0 radical (unpaired) electrons. The van der Waals surface area contributed by atoms with E-state index >= 15 is 0 Å². The summed E-state index contributed by atoms with van der Waals surface area (Å²) in [4.78, 5) is 66.5. The molecule has 1 fully saturated rings. The van der Waals surface area contributed by atoms with Crippen molar-refractivity contribution in [3.05, 3.63) is 77.4 Å². The molecule has 0 saturated carbocycles. The molecule has 1 aliphatic heterocycles. The van der Waals surface area contributed by atoms with E-state index in [1.165, 1.54) is 7.11 Å². The summed E-state index contributed by atoms with van der Waals surface area (Å²) >= 11 is 0. The normalized spacial score (nSPS) is 16.4. The molecule has 0 unspecified atom stereocenters. The molecule has 3 rings (SSSR count). The van der Waals surface area contributed by atoms with Gasteiger partial charge in [-0.05, 0) is 43.4 Å². The van der Waals surface area contributed by atoms with Gasteiger partial charge in [-0.1, -0.05) is 73.0 Å². The fourth-order valence-electron chi connectivity index (χ4n) is 4.95. The third-order valence-corrected chi connectivity index (χ3v) is 7.09. The summed E-state index contributed by atoms with van der Waals surface area (Å²) in [6.07, 6.45) is -0.0906. The van der Waals surface area contributed by atoms with Crippen LogP contribution in [-0.2, 0) is 39.8 Å². The number of allylic oxidation sites excluding steroid dienone is 1. The van der Waals surface area contributed by atoms with Gasteiger partial charge in [-0.25, -0.2) is 9.69 Å². The number of Topliss-reactive ketones (excluding diaryl/α,β-unsaturated/α-hetero) is 1. The molecule has 3 atom stereocenters. The van der Waals surface area contributed by atoms with Crippen molar-refractivity contribution in [2.45, 2.75) is 70.6 Å². The van der Waals surface area contributed by atoms with Gasteiger partial charge in [-0.15, -0.1) is 0 Å². The van der Waals surface area contributed by atoms with Crippen LogP contribution in [0.2, 0.25) is 0 Å². The predicted octanol–water partition coefficient (Wildman–Crippen LogP) is 4.00. The molecule has 43 heavy (non-hydrogen) atoms. The summed E-state index contributed by atoms with van der Waals surface area (Å²) in [5, 5.41) is 9.01. The summed E-state index contributed by atoms with van der Waals surface area (Å²) in [6, 6.07) is 15.6. The Kier molecular flexibility index (Phi) is 12.8. The number of carbonyl (C=O) groups is 5. The summed E-state index contributed by atoms with van der Waals surface area (Å²) in [6.45, 7) is 2.97. The van der Waals surface area contributed by atoms with E-state index in [0.29, 0.717) is 24.8 Å². The lowest BCUT2D eigenvalue weighted by molar-refractivity contribution is -0.166. The maximum absolute atomic E-state index is 13.7. The van der Waals surface area contributed by atoms with Crippen molar-refractivity contribution in [1.82, 2.24) is 4.90 Å².